The largest absolute Gasteiger partial charge is 0.369 e. The molecule has 2 rings (SSSR count). The van der Waals surface area contributed by atoms with E-state index in [2.05, 4.69) is 5.32 Å². The second-order valence-corrected chi connectivity index (χ2v) is 6.35. The van der Waals surface area contributed by atoms with Crippen molar-refractivity contribution in [1.82, 2.24) is 5.32 Å². The normalized spacial score (nSPS) is 22.8. The van der Waals surface area contributed by atoms with E-state index in [0.29, 0.717) is 27.7 Å². The van der Waals surface area contributed by atoms with Crippen LogP contribution in [0.5, 0.6) is 0 Å². The summed E-state index contributed by atoms with van der Waals surface area (Å²) in [6.07, 6.45) is 3.54. The first-order chi connectivity index (χ1) is 9.49. The number of halogens is 3. The van der Waals surface area contributed by atoms with E-state index in [1.807, 2.05) is 0 Å². The second kappa shape index (κ2) is 6.99. The van der Waals surface area contributed by atoms with Gasteiger partial charge in [-0.2, -0.15) is 0 Å². The summed E-state index contributed by atoms with van der Waals surface area (Å²) in [5.74, 6) is -0.171. The van der Waals surface area contributed by atoms with Gasteiger partial charge in [-0.05, 0) is 37.8 Å². The SMILES string of the molecule is NC(=O)C1CCC(NCc2c(Cl)ccc(Cl)c2Cl)CC1. The van der Waals surface area contributed by atoms with E-state index in [1.165, 1.54) is 0 Å². The number of carbonyl (C=O) groups excluding carboxylic acids is 1. The summed E-state index contributed by atoms with van der Waals surface area (Å²) < 4.78 is 0. The van der Waals surface area contributed by atoms with Crippen LogP contribution in [0.15, 0.2) is 12.1 Å². The molecule has 1 aliphatic rings. The summed E-state index contributed by atoms with van der Waals surface area (Å²) in [4.78, 5) is 11.1. The molecular weight excluding hydrogens is 319 g/mol. The van der Waals surface area contributed by atoms with Crippen molar-refractivity contribution in [3.05, 3.63) is 32.8 Å². The molecule has 0 aliphatic heterocycles. The maximum atomic E-state index is 11.1. The highest BCUT2D eigenvalue weighted by Crippen LogP contribution is 2.32. The highest BCUT2D eigenvalue weighted by atomic mass is 35.5. The number of rotatable bonds is 4. The summed E-state index contributed by atoms with van der Waals surface area (Å²) in [6.45, 7) is 0.574. The number of amides is 1. The zero-order valence-electron chi connectivity index (χ0n) is 11.0. The maximum Gasteiger partial charge on any atom is 0.220 e. The highest BCUT2D eigenvalue weighted by Gasteiger charge is 2.24. The molecule has 3 nitrogen and oxygen atoms in total. The Balaban J connectivity index is 1.91. The molecule has 3 N–H and O–H groups in total. The van der Waals surface area contributed by atoms with Gasteiger partial charge in [0.25, 0.3) is 0 Å². The third-order valence-corrected chi connectivity index (χ3v) is 5.03. The minimum Gasteiger partial charge on any atom is -0.369 e. The van der Waals surface area contributed by atoms with Gasteiger partial charge in [0.05, 0.1) is 10.0 Å². The molecule has 0 bridgehead atoms. The number of hydrogen-bond donors (Lipinski definition) is 2. The van der Waals surface area contributed by atoms with Crippen molar-refractivity contribution in [2.24, 2.45) is 11.7 Å². The van der Waals surface area contributed by atoms with Gasteiger partial charge in [-0.3, -0.25) is 4.79 Å². The highest BCUT2D eigenvalue weighted by molar-refractivity contribution is 6.44. The smallest absolute Gasteiger partial charge is 0.220 e. The van der Waals surface area contributed by atoms with Crippen LogP contribution < -0.4 is 11.1 Å². The average molecular weight is 336 g/mol. The Morgan fingerprint density at radius 2 is 1.75 bits per heavy atom. The van der Waals surface area contributed by atoms with E-state index in [9.17, 15) is 4.79 Å². The molecule has 1 aromatic rings. The quantitative estimate of drug-likeness (QED) is 0.823. The predicted octanol–water partition coefficient (Wildman–Crippen LogP) is 3.78. The van der Waals surface area contributed by atoms with E-state index in [1.54, 1.807) is 12.1 Å². The molecule has 0 saturated heterocycles. The molecule has 0 heterocycles. The third kappa shape index (κ3) is 3.79. The van der Waals surface area contributed by atoms with Crippen LogP contribution in [0.2, 0.25) is 15.1 Å². The van der Waals surface area contributed by atoms with Crippen molar-refractivity contribution in [2.45, 2.75) is 38.3 Å². The molecule has 110 valence electrons. The van der Waals surface area contributed by atoms with Crippen LogP contribution in [0.1, 0.15) is 31.2 Å². The van der Waals surface area contributed by atoms with Gasteiger partial charge in [0.15, 0.2) is 0 Å². The number of carbonyl (C=O) groups is 1. The zero-order valence-corrected chi connectivity index (χ0v) is 13.2. The predicted molar refractivity (Wildman–Crippen MR) is 83.3 cm³/mol. The Morgan fingerprint density at radius 1 is 1.15 bits per heavy atom. The molecule has 1 amide bonds. The zero-order chi connectivity index (χ0) is 14.7. The second-order valence-electron chi connectivity index (χ2n) is 5.15. The fraction of sp³-hybridized carbons (Fsp3) is 0.500. The lowest BCUT2D eigenvalue weighted by atomic mass is 9.85. The van der Waals surface area contributed by atoms with Gasteiger partial charge in [-0.1, -0.05) is 34.8 Å². The van der Waals surface area contributed by atoms with Crippen molar-refractivity contribution in [2.75, 3.05) is 0 Å². The molecular formula is C14H17Cl3N2O. The van der Waals surface area contributed by atoms with Crippen molar-refractivity contribution < 1.29 is 4.79 Å². The van der Waals surface area contributed by atoms with Gasteiger partial charge in [0.2, 0.25) is 5.91 Å². The lowest BCUT2D eigenvalue weighted by Crippen LogP contribution is -2.36. The lowest BCUT2D eigenvalue weighted by Gasteiger charge is -2.27. The average Bonchev–Trinajstić information content (AvgIpc) is 2.43. The monoisotopic (exact) mass is 334 g/mol. The Kier molecular flexibility index (Phi) is 5.56. The first-order valence-electron chi connectivity index (χ1n) is 6.64. The number of nitrogens with two attached hydrogens (primary N) is 1. The van der Waals surface area contributed by atoms with Crippen LogP contribution >= 0.6 is 34.8 Å². The molecule has 20 heavy (non-hydrogen) atoms. The Bertz CT molecular complexity index is 499. The molecule has 0 spiro atoms. The fourth-order valence-corrected chi connectivity index (χ4v) is 3.24. The van der Waals surface area contributed by atoms with Crippen LogP contribution in [0.25, 0.3) is 0 Å². The lowest BCUT2D eigenvalue weighted by molar-refractivity contribution is -0.122. The van der Waals surface area contributed by atoms with E-state index >= 15 is 0 Å². The molecule has 1 fully saturated rings. The van der Waals surface area contributed by atoms with E-state index < -0.39 is 0 Å². The minimum absolute atomic E-state index is 0.0198. The molecule has 1 aliphatic carbocycles. The first-order valence-corrected chi connectivity index (χ1v) is 7.77. The first kappa shape index (κ1) is 15.9. The van der Waals surface area contributed by atoms with Crippen molar-refractivity contribution in [3.63, 3.8) is 0 Å². The van der Waals surface area contributed by atoms with E-state index in [0.717, 1.165) is 31.2 Å². The summed E-state index contributed by atoms with van der Waals surface area (Å²) in [7, 11) is 0. The summed E-state index contributed by atoms with van der Waals surface area (Å²) in [6, 6.07) is 3.79. The van der Waals surface area contributed by atoms with Crippen molar-refractivity contribution in [3.8, 4) is 0 Å². The number of nitrogens with one attached hydrogen (secondary N) is 1. The Morgan fingerprint density at radius 3 is 2.35 bits per heavy atom. The van der Waals surface area contributed by atoms with Gasteiger partial charge in [0.1, 0.15) is 0 Å². The van der Waals surface area contributed by atoms with E-state index in [-0.39, 0.29) is 11.8 Å². The van der Waals surface area contributed by atoms with Crippen molar-refractivity contribution in [1.29, 1.82) is 0 Å². The van der Waals surface area contributed by atoms with Gasteiger partial charge < -0.3 is 11.1 Å². The standard InChI is InChI=1S/C14H17Cl3N2O/c15-11-5-6-12(16)13(17)10(11)7-19-9-3-1-8(2-4-9)14(18)20/h5-6,8-9,19H,1-4,7H2,(H2,18,20). The van der Waals surface area contributed by atoms with Crippen LogP contribution in [0, 0.1) is 5.92 Å². The topological polar surface area (TPSA) is 55.1 Å². The molecule has 6 heteroatoms. The minimum atomic E-state index is -0.190. The Labute approximate surface area is 133 Å². The van der Waals surface area contributed by atoms with E-state index in [4.69, 9.17) is 40.5 Å². The third-order valence-electron chi connectivity index (χ3n) is 3.84. The summed E-state index contributed by atoms with van der Waals surface area (Å²) >= 11 is 18.3. The molecule has 1 aromatic carbocycles. The van der Waals surface area contributed by atoms with Crippen LogP contribution in [-0.2, 0) is 11.3 Å². The molecule has 0 aromatic heterocycles. The van der Waals surface area contributed by atoms with Crippen LogP contribution in [-0.4, -0.2) is 11.9 Å². The van der Waals surface area contributed by atoms with Gasteiger partial charge in [-0.25, -0.2) is 0 Å². The summed E-state index contributed by atoms with van der Waals surface area (Å²) in [5, 5.41) is 5.04. The number of hydrogen-bond acceptors (Lipinski definition) is 2. The van der Waals surface area contributed by atoms with Crippen molar-refractivity contribution >= 4 is 40.7 Å². The fourth-order valence-electron chi connectivity index (χ4n) is 2.56. The summed E-state index contributed by atoms with van der Waals surface area (Å²) in [5.41, 5.74) is 6.14. The molecule has 1 saturated carbocycles. The maximum absolute atomic E-state index is 11.1. The molecule has 0 radical (unpaired) electrons. The van der Waals surface area contributed by atoms with Crippen LogP contribution in [0.4, 0.5) is 0 Å². The van der Waals surface area contributed by atoms with Gasteiger partial charge >= 0.3 is 0 Å². The number of primary amides is 1. The van der Waals surface area contributed by atoms with Gasteiger partial charge in [0, 0.05) is 29.1 Å². The Hall–Kier alpha value is -0.480. The number of benzene rings is 1. The van der Waals surface area contributed by atoms with Crippen LogP contribution in [0.3, 0.4) is 0 Å². The molecule has 0 unspecified atom stereocenters. The van der Waals surface area contributed by atoms with Gasteiger partial charge in [-0.15, -0.1) is 0 Å². The molecule has 0 atom stereocenters.